The molecule has 19 heavy (non-hydrogen) atoms. The predicted molar refractivity (Wildman–Crippen MR) is 85.6 cm³/mol. The number of rotatable bonds is 6. The highest BCUT2D eigenvalue weighted by Crippen LogP contribution is 2.24. The molecule has 0 aromatic heterocycles. The molecule has 0 saturated carbocycles. The molecule has 1 heterocycles. The number of likely N-dealkylation sites (tertiary alicyclic amines) is 1. The van der Waals surface area contributed by atoms with Gasteiger partial charge in [-0.15, -0.1) is 0 Å². The van der Waals surface area contributed by atoms with Gasteiger partial charge in [-0.2, -0.15) is 0 Å². The van der Waals surface area contributed by atoms with E-state index in [2.05, 4.69) is 51.8 Å². The van der Waals surface area contributed by atoms with Crippen LogP contribution in [0.2, 0.25) is 0 Å². The van der Waals surface area contributed by atoms with Gasteiger partial charge in [-0.05, 0) is 38.0 Å². The van der Waals surface area contributed by atoms with E-state index in [-0.39, 0.29) is 0 Å². The highest BCUT2D eigenvalue weighted by Gasteiger charge is 2.28. The van der Waals surface area contributed by atoms with Gasteiger partial charge in [-0.1, -0.05) is 40.5 Å². The van der Waals surface area contributed by atoms with E-state index in [4.69, 9.17) is 0 Å². The van der Waals surface area contributed by atoms with Crippen molar-refractivity contribution in [1.82, 2.24) is 10.2 Å². The van der Waals surface area contributed by atoms with Gasteiger partial charge in [0.1, 0.15) is 0 Å². The summed E-state index contributed by atoms with van der Waals surface area (Å²) >= 11 is 0. The number of unbranched alkanes of at least 4 members (excludes halogenated alkanes) is 1. The first-order chi connectivity index (χ1) is 8.81. The Labute approximate surface area is 121 Å². The zero-order valence-corrected chi connectivity index (χ0v) is 14.1. The molecular weight excluding hydrogens is 232 g/mol. The topological polar surface area (TPSA) is 15.3 Å². The highest BCUT2D eigenvalue weighted by atomic mass is 15.2. The lowest BCUT2D eigenvalue weighted by Crippen LogP contribution is -2.52. The largest absolute Gasteiger partial charge is 0.312 e. The van der Waals surface area contributed by atoms with Crippen LogP contribution < -0.4 is 5.32 Å². The Kier molecular flexibility index (Phi) is 6.82. The second kappa shape index (κ2) is 7.64. The number of nitrogens with one attached hydrogen (secondary N) is 1. The molecule has 1 aliphatic heterocycles. The van der Waals surface area contributed by atoms with Gasteiger partial charge >= 0.3 is 0 Å². The Hall–Kier alpha value is -0.0800. The smallest absolute Gasteiger partial charge is 0.0198 e. The van der Waals surface area contributed by atoms with Gasteiger partial charge in [0, 0.05) is 31.7 Å². The molecule has 0 aliphatic carbocycles. The van der Waals surface area contributed by atoms with Crippen molar-refractivity contribution in [1.29, 1.82) is 0 Å². The van der Waals surface area contributed by atoms with Crippen molar-refractivity contribution in [3.63, 3.8) is 0 Å². The van der Waals surface area contributed by atoms with Gasteiger partial charge in [0.15, 0.2) is 0 Å². The van der Waals surface area contributed by atoms with Crippen LogP contribution in [0.5, 0.6) is 0 Å². The van der Waals surface area contributed by atoms with Crippen LogP contribution >= 0.6 is 0 Å². The molecule has 114 valence electrons. The van der Waals surface area contributed by atoms with Crippen LogP contribution in [0.25, 0.3) is 0 Å². The van der Waals surface area contributed by atoms with Crippen LogP contribution in [0.4, 0.5) is 0 Å². The van der Waals surface area contributed by atoms with Crippen molar-refractivity contribution in [2.24, 2.45) is 11.3 Å². The molecule has 0 amide bonds. The third kappa shape index (κ3) is 6.76. The Morgan fingerprint density at radius 1 is 1.21 bits per heavy atom. The molecule has 1 saturated heterocycles. The minimum Gasteiger partial charge on any atom is -0.312 e. The van der Waals surface area contributed by atoms with Crippen LogP contribution in [0.15, 0.2) is 0 Å². The Bertz CT molecular complexity index is 242. The number of nitrogens with zero attached hydrogens (tertiary/aromatic N) is 1. The van der Waals surface area contributed by atoms with Crippen molar-refractivity contribution in [2.75, 3.05) is 19.6 Å². The molecule has 0 radical (unpaired) electrons. The third-order valence-electron chi connectivity index (χ3n) is 4.18. The molecule has 2 heteroatoms. The Balaban J connectivity index is 2.49. The maximum Gasteiger partial charge on any atom is 0.0198 e. The second-order valence-electron chi connectivity index (χ2n) is 7.93. The molecule has 1 aliphatic rings. The third-order valence-corrected chi connectivity index (χ3v) is 4.18. The summed E-state index contributed by atoms with van der Waals surface area (Å²) in [5.41, 5.74) is 0.388. The van der Waals surface area contributed by atoms with Crippen molar-refractivity contribution in [3.8, 4) is 0 Å². The first-order valence-electron chi connectivity index (χ1n) is 8.29. The molecule has 0 spiro atoms. The van der Waals surface area contributed by atoms with E-state index in [0.717, 1.165) is 12.5 Å². The van der Waals surface area contributed by atoms with Gasteiger partial charge in [-0.3, -0.25) is 4.90 Å². The van der Waals surface area contributed by atoms with Crippen molar-refractivity contribution in [3.05, 3.63) is 0 Å². The summed E-state index contributed by atoms with van der Waals surface area (Å²) in [5.74, 6) is 0.897. The summed E-state index contributed by atoms with van der Waals surface area (Å²) < 4.78 is 0. The predicted octanol–water partition coefficient (Wildman–Crippen LogP) is 3.91. The van der Waals surface area contributed by atoms with Crippen molar-refractivity contribution >= 4 is 0 Å². The molecule has 0 aromatic rings. The van der Waals surface area contributed by atoms with Crippen LogP contribution in [0, 0.1) is 11.3 Å². The van der Waals surface area contributed by atoms with Crippen LogP contribution in [-0.4, -0.2) is 36.6 Å². The maximum atomic E-state index is 3.81. The highest BCUT2D eigenvalue weighted by molar-refractivity contribution is 4.86. The number of hydrogen-bond acceptors (Lipinski definition) is 2. The van der Waals surface area contributed by atoms with Gasteiger partial charge < -0.3 is 5.32 Å². The Morgan fingerprint density at radius 2 is 1.89 bits per heavy atom. The van der Waals surface area contributed by atoms with Gasteiger partial charge in [0.05, 0.1) is 0 Å². The number of piperidine rings is 1. The summed E-state index contributed by atoms with van der Waals surface area (Å²) in [5, 5.41) is 3.81. The van der Waals surface area contributed by atoms with E-state index in [9.17, 15) is 0 Å². The molecule has 0 aromatic carbocycles. The molecule has 0 bridgehead atoms. The van der Waals surface area contributed by atoms with E-state index in [1.165, 1.54) is 38.8 Å². The fraction of sp³-hybridized carbons (Fsp3) is 1.00. The molecule has 1 rings (SSSR count). The lowest BCUT2D eigenvalue weighted by atomic mass is 9.88. The van der Waals surface area contributed by atoms with Crippen LogP contribution in [0.3, 0.4) is 0 Å². The monoisotopic (exact) mass is 268 g/mol. The SMILES string of the molecule is CCCCC1CC(NCC(C)(C)C)CN(C(C)C)C1. The minimum absolute atomic E-state index is 0.388. The molecule has 2 unspecified atom stereocenters. The van der Waals surface area contributed by atoms with Crippen LogP contribution in [-0.2, 0) is 0 Å². The van der Waals surface area contributed by atoms with E-state index in [1.807, 2.05) is 0 Å². The normalized spacial score (nSPS) is 26.1. The summed E-state index contributed by atoms with van der Waals surface area (Å²) in [4.78, 5) is 2.67. The summed E-state index contributed by atoms with van der Waals surface area (Å²) in [6.45, 7) is 17.6. The lowest BCUT2D eigenvalue weighted by Gasteiger charge is -2.41. The van der Waals surface area contributed by atoms with E-state index < -0.39 is 0 Å². The van der Waals surface area contributed by atoms with Gasteiger partial charge in [-0.25, -0.2) is 0 Å². The second-order valence-corrected chi connectivity index (χ2v) is 7.93. The average Bonchev–Trinajstić information content (AvgIpc) is 2.32. The standard InChI is InChI=1S/C17H36N2/c1-7-8-9-15-10-16(18-13-17(4,5)6)12-19(11-15)14(2)3/h14-16,18H,7-13H2,1-6H3. The minimum atomic E-state index is 0.388. The van der Waals surface area contributed by atoms with Gasteiger partial charge in [0.25, 0.3) is 0 Å². The summed E-state index contributed by atoms with van der Waals surface area (Å²) in [6, 6.07) is 1.38. The zero-order valence-electron chi connectivity index (χ0n) is 14.1. The molecule has 2 nitrogen and oxygen atoms in total. The first kappa shape index (κ1) is 17.0. The summed E-state index contributed by atoms with van der Waals surface area (Å²) in [6.07, 6.45) is 5.51. The average molecular weight is 268 g/mol. The van der Waals surface area contributed by atoms with Crippen molar-refractivity contribution < 1.29 is 0 Å². The van der Waals surface area contributed by atoms with Gasteiger partial charge in [0.2, 0.25) is 0 Å². The van der Waals surface area contributed by atoms with E-state index in [1.54, 1.807) is 0 Å². The maximum absolute atomic E-state index is 3.81. The molecule has 1 N–H and O–H groups in total. The first-order valence-corrected chi connectivity index (χ1v) is 8.29. The summed E-state index contributed by atoms with van der Waals surface area (Å²) in [7, 11) is 0. The quantitative estimate of drug-likeness (QED) is 0.785. The zero-order chi connectivity index (χ0) is 14.5. The van der Waals surface area contributed by atoms with Crippen molar-refractivity contribution in [2.45, 2.75) is 79.3 Å². The molecule has 1 fully saturated rings. The molecule has 2 atom stereocenters. The molecular formula is C17H36N2. The fourth-order valence-electron chi connectivity index (χ4n) is 2.96. The van der Waals surface area contributed by atoms with Crippen LogP contribution in [0.1, 0.15) is 67.2 Å². The Morgan fingerprint density at radius 3 is 2.42 bits per heavy atom. The van der Waals surface area contributed by atoms with E-state index in [0.29, 0.717) is 17.5 Å². The van der Waals surface area contributed by atoms with E-state index >= 15 is 0 Å². The lowest BCUT2D eigenvalue weighted by molar-refractivity contribution is 0.102. The fourth-order valence-corrected chi connectivity index (χ4v) is 2.96. The number of hydrogen-bond donors (Lipinski definition) is 1.